The summed E-state index contributed by atoms with van der Waals surface area (Å²) in [7, 11) is 3.13. The van der Waals surface area contributed by atoms with Crippen molar-refractivity contribution in [3.63, 3.8) is 0 Å². The van der Waals surface area contributed by atoms with Gasteiger partial charge in [-0.15, -0.1) is 0 Å². The molecule has 2 heterocycles. The molecule has 0 aliphatic rings. The first-order chi connectivity index (χ1) is 11.7. The summed E-state index contributed by atoms with van der Waals surface area (Å²) in [6.45, 7) is 0. The third kappa shape index (κ3) is 3.38. The molecule has 122 valence electrons. The highest BCUT2D eigenvalue weighted by atomic mass is 32.1. The second-order valence-electron chi connectivity index (χ2n) is 4.96. The van der Waals surface area contributed by atoms with Crippen LogP contribution < -0.4 is 14.8 Å². The number of hydrogen-bond donors (Lipinski definition) is 1. The second-order valence-corrected chi connectivity index (χ2v) is 5.74. The fraction of sp³-hybridized carbons (Fsp3) is 0.111. The van der Waals surface area contributed by atoms with E-state index >= 15 is 0 Å². The summed E-state index contributed by atoms with van der Waals surface area (Å²) in [6.07, 6.45) is 1.63. The van der Waals surface area contributed by atoms with E-state index in [-0.39, 0.29) is 5.91 Å². The molecule has 24 heavy (non-hydrogen) atoms. The number of aromatic nitrogens is 1. The van der Waals surface area contributed by atoms with E-state index in [4.69, 9.17) is 9.47 Å². The van der Waals surface area contributed by atoms with Crippen LogP contribution >= 0.6 is 11.3 Å². The summed E-state index contributed by atoms with van der Waals surface area (Å²) < 4.78 is 10.5. The van der Waals surface area contributed by atoms with Crippen molar-refractivity contribution < 1.29 is 14.3 Å². The Balaban J connectivity index is 1.84. The summed E-state index contributed by atoms with van der Waals surface area (Å²) in [6, 6.07) is 10.7. The van der Waals surface area contributed by atoms with Crippen molar-refractivity contribution in [2.75, 3.05) is 19.5 Å². The third-order valence-corrected chi connectivity index (χ3v) is 4.18. The van der Waals surface area contributed by atoms with E-state index < -0.39 is 0 Å². The molecule has 5 nitrogen and oxygen atoms in total. The Bertz CT molecular complexity index is 847. The molecule has 6 heteroatoms. The molecule has 0 spiro atoms. The number of carbonyl (C=O) groups is 1. The second kappa shape index (κ2) is 7.14. The first kappa shape index (κ1) is 16.0. The van der Waals surface area contributed by atoms with Crippen LogP contribution in [0.1, 0.15) is 10.4 Å². The van der Waals surface area contributed by atoms with E-state index in [1.165, 1.54) is 0 Å². The summed E-state index contributed by atoms with van der Waals surface area (Å²) >= 11 is 1.59. The average Bonchev–Trinajstić information content (AvgIpc) is 3.17. The van der Waals surface area contributed by atoms with Gasteiger partial charge in [-0.1, -0.05) is 0 Å². The lowest BCUT2D eigenvalue weighted by molar-refractivity contribution is 0.102. The SMILES string of the molecule is COc1ccc(NC(=O)c2ccnc(-c3ccsc3)c2)c(OC)c1. The van der Waals surface area contributed by atoms with Crippen molar-refractivity contribution in [2.45, 2.75) is 0 Å². The third-order valence-electron chi connectivity index (χ3n) is 3.50. The molecule has 1 aromatic carbocycles. The molecule has 0 aliphatic heterocycles. The minimum absolute atomic E-state index is 0.225. The van der Waals surface area contributed by atoms with E-state index in [1.807, 2.05) is 16.8 Å². The van der Waals surface area contributed by atoms with Crippen molar-refractivity contribution >= 4 is 22.9 Å². The smallest absolute Gasteiger partial charge is 0.255 e. The number of amides is 1. The minimum Gasteiger partial charge on any atom is -0.497 e. The average molecular weight is 340 g/mol. The van der Waals surface area contributed by atoms with E-state index in [9.17, 15) is 4.79 Å². The Kier molecular flexibility index (Phi) is 4.77. The quantitative estimate of drug-likeness (QED) is 0.760. The van der Waals surface area contributed by atoms with Crippen LogP contribution in [-0.2, 0) is 0 Å². The van der Waals surface area contributed by atoms with Gasteiger partial charge in [0, 0.05) is 28.8 Å². The highest BCUT2D eigenvalue weighted by molar-refractivity contribution is 7.08. The van der Waals surface area contributed by atoms with Gasteiger partial charge in [-0.25, -0.2) is 0 Å². The van der Waals surface area contributed by atoms with Gasteiger partial charge in [0.2, 0.25) is 0 Å². The first-order valence-corrected chi connectivity index (χ1v) is 8.17. The van der Waals surface area contributed by atoms with Crippen LogP contribution in [0.15, 0.2) is 53.4 Å². The van der Waals surface area contributed by atoms with Crippen LogP contribution in [0.2, 0.25) is 0 Å². The number of rotatable bonds is 5. The number of nitrogens with one attached hydrogen (secondary N) is 1. The van der Waals surface area contributed by atoms with Crippen LogP contribution in [0.5, 0.6) is 11.5 Å². The Morgan fingerprint density at radius 1 is 1.12 bits per heavy atom. The molecule has 2 aromatic heterocycles. The summed E-state index contributed by atoms with van der Waals surface area (Å²) in [5, 5.41) is 6.83. The highest BCUT2D eigenvalue weighted by Crippen LogP contribution is 2.29. The van der Waals surface area contributed by atoms with Gasteiger partial charge in [0.05, 0.1) is 25.6 Å². The molecular formula is C18H16N2O3S. The van der Waals surface area contributed by atoms with Gasteiger partial charge in [0.1, 0.15) is 11.5 Å². The van der Waals surface area contributed by atoms with E-state index in [2.05, 4.69) is 10.3 Å². The maximum Gasteiger partial charge on any atom is 0.255 e. The summed E-state index contributed by atoms with van der Waals surface area (Å²) in [5.41, 5.74) is 2.88. The van der Waals surface area contributed by atoms with Crippen LogP contribution in [0.25, 0.3) is 11.3 Å². The Morgan fingerprint density at radius 3 is 2.71 bits per heavy atom. The molecule has 0 atom stereocenters. The standard InChI is InChI=1S/C18H16N2O3S/c1-22-14-3-4-15(17(10-14)23-2)20-18(21)12-5-7-19-16(9-12)13-6-8-24-11-13/h3-11H,1-2H3,(H,20,21). The lowest BCUT2D eigenvalue weighted by atomic mass is 10.1. The summed E-state index contributed by atoms with van der Waals surface area (Å²) in [4.78, 5) is 16.8. The molecule has 0 fully saturated rings. The van der Waals surface area contributed by atoms with E-state index in [1.54, 1.807) is 62.1 Å². The maximum atomic E-state index is 12.5. The van der Waals surface area contributed by atoms with Gasteiger partial charge >= 0.3 is 0 Å². The van der Waals surface area contributed by atoms with Crippen molar-refractivity contribution in [3.8, 4) is 22.8 Å². The summed E-state index contributed by atoms with van der Waals surface area (Å²) in [5.74, 6) is 0.973. The Labute approximate surface area is 143 Å². The number of benzene rings is 1. The zero-order valence-electron chi connectivity index (χ0n) is 13.3. The predicted octanol–water partition coefficient (Wildman–Crippen LogP) is 4.08. The zero-order chi connectivity index (χ0) is 16.9. The fourth-order valence-corrected chi connectivity index (χ4v) is 2.89. The molecule has 0 unspecified atom stereocenters. The molecule has 0 saturated heterocycles. The molecule has 0 bridgehead atoms. The molecule has 1 amide bonds. The largest absolute Gasteiger partial charge is 0.497 e. The van der Waals surface area contributed by atoms with Gasteiger partial charge in [-0.2, -0.15) is 11.3 Å². The van der Waals surface area contributed by atoms with Crippen molar-refractivity contribution in [3.05, 3.63) is 58.9 Å². The predicted molar refractivity (Wildman–Crippen MR) is 95.0 cm³/mol. The number of hydrogen-bond acceptors (Lipinski definition) is 5. The maximum absolute atomic E-state index is 12.5. The van der Waals surface area contributed by atoms with Crippen LogP contribution in [0.4, 0.5) is 5.69 Å². The van der Waals surface area contributed by atoms with Crippen LogP contribution in [-0.4, -0.2) is 25.1 Å². The van der Waals surface area contributed by atoms with Crippen molar-refractivity contribution in [1.82, 2.24) is 4.98 Å². The number of ether oxygens (including phenoxy) is 2. The number of carbonyl (C=O) groups excluding carboxylic acids is 1. The monoisotopic (exact) mass is 340 g/mol. The fourth-order valence-electron chi connectivity index (χ4n) is 2.24. The van der Waals surface area contributed by atoms with E-state index in [0.29, 0.717) is 22.7 Å². The molecule has 0 saturated carbocycles. The van der Waals surface area contributed by atoms with Gasteiger partial charge in [0.25, 0.3) is 5.91 Å². The normalized spacial score (nSPS) is 10.2. The molecule has 3 aromatic rings. The minimum atomic E-state index is -0.225. The van der Waals surface area contributed by atoms with Crippen molar-refractivity contribution in [1.29, 1.82) is 0 Å². The lowest BCUT2D eigenvalue weighted by Gasteiger charge is -2.12. The topological polar surface area (TPSA) is 60.5 Å². The number of anilines is 1. The molecule has 3 rings (SSSR count). The first-order valence-electron chi connectivity index (χ1n) is 7.23. The van der Waals surface area contributed by atoms with Gasteiger partial charge in [-0.05, 0) is 35.7 Å². The van der Waals surface area contributed by atoms with Gasteiger partial charge in [-0.3, -0.25) is 9.78 Å². The highest BCUT2D eigenvalue weighted by Gasteiger charge is 2.12. The number of pyridine rings is 1. The van der Waals surface area contributed by atoms with Crippen LogP contribution in [0, 0.1) is 0 Å². The Morgan fingerprint density at radius 2 is 2.00 bits per heavy atom. The number of methoxy groups -OCH3 is 2. The van der Waals surface area contributed by atoms with Gasteiger partial charge in [0.15, 0.2) is 0 Å². The molecule has 1 N–H and O–H groups in total. The van der Waals surface area contributed by atoms with Gasteiger partial charge < -0.3 is 14.8 Å². The van der Waals surface area contributed by atoms with Crippen LogP contribution in [0.3, 0.4) is 0 Å². The molecule has 0 radical (unpaired) electrons. The number of thiophene rings is 1. The Hall–Kier alpha value is -2.86. The molecule has 0 aliphatic carbocycles. The lowest BCUT2D eigenvalue weighted by Crippen LogP contribution is -2.13. The van der Waals surface area contributed by atoms with E-state index in [0.717, 1.165) is 11.3 Å². The van der Waals surface area contributed by atoms with Crippen molar-refractivity contribution in [2.24, 2.45) is 0 Å². The number of nitrogens with zero attached hydrogens (tertiary/aromatic N) is 1. The zero-order valence-corrected chi connectivity index (χ0v) is 14.1. The molecular weight excluding hydrogens is 324 g/mol.